The van der Waals surface area contributed by atoms with E-state index in [4.69, 9.17) is 16.3 Å². The van der Waals surface area contributed by atoms with Crippen molar-refractivity contribution in [2.75, 3.05) is 13.1 Å². The number of rotatable bonds is 8. The van der Waals surface area contributed by atoms with Crippen molar-refractivity contribution in [1.82, 2.24) is 14.8 Å². The lowest BCUT2D eigenvalue weighted by molar-refractivity contribution is -0.163. The molecule has 6 rings (SSSR count). The normalized spacial score (nSPS) is 25.2. The molecule has 0 radical (unpaired) electrons. The van der Waals surface area contributed by atoms with Crippen molar-refractivity contribution >= 4 is 40.7 Å². The lowest BCUT2D eigenvalue weighted by Gasteiger charge is -2.52. The maximum absolute atomic E-state index is 15.5. The Labute approximate surface area is 304 Å². The Kier molecular flexibility index (Phi) is 10.6. The van der Waals surface area contributed by atoms with Crippen molar-refractivity contribution in [2.24, 2.45) is 11.8 Å². The third-order valence-electron chi connectivity index (χ3n) is 10.4. The molecule has 280 valence electrons. The zero-order valence-corrected chi connectivity index (χ0v) is 29.5. The van der Waals surface area contributed by atoms with Gasteiger partial charge in [-0.15, -0.1) is 11.3 Å². The molecule has 2 aromatic heterocycles. The molecule has 8 nitrogen and oxygen atoms in total. The average Bonchev–Trinajstić information content (AvgIpc) is 3.78. The first-order chi connectivity index (χ1) is 24.5. The number of thiophene rings is 1. The summed E-state index contributed by atoms with van der Waals surface area (Å²) in [5.74, 6) is -3.89. The number of nitrogens with zero attached hydrogens (tertiary/aromatic N) is 3. The summed E-state index contributed by atoms with van der Waals surface area (Å²) in [6.07, 6.45) is -6.66. The molecule has 1 aliphatic carbocycles. The smallest absolute Gasteiger partial charge is 0.425 e. The molecule has 0 bridgehead atoms. The Morgan fingerprint density at radius 2 is 1.83 bits per heavy atom. The molecule has 4 heterocycles. The van der Waals surface area contributed by atoms with Gasteiger partial charge in [-0.2, -0.15) is 26.3 Å². The van der Waals surface area contributed by atoms with E-state index >= 15 is 4.79 Å². The standard InChI is InChI=1S/C36H36ClF6N3O5S/c1-2-5-27-34(51-24-18-28(52-19-24)36(41,42)43,12-4-14-45(27)31(47)29-26(35(38,39)40)6-3-13-44-29)33(50)46-15-11-20-17-23(37)9-10-25(20)30(46)21-7-8-22(16-21)32(48)49/h3,6,9-10,13,17-19,21-22,27,30H,2,4-5,7-8,11-12,14-16H2,1H3,(H,48,49)/t21?,22?,27-,30?,34+/m1/s1. The van der Waals surface area contributed by atoms with Gasteiger partial charge in [0.1, 0.15) is 16.3 Å². The molecule has 2 fully saturated rings. The number of likely N-dealkylation sites (tertiary alicyclic amines) is 1. The fourth-order valence-corrected chi connectivity index (χ4v) is 9.08. The second-order valence-electron chi connectivity index (χ2n) is 13.6. The predicted molar refractivity (Wildman–Crippen MR) is 179 cm³/mol. The van der Waals surface area contributed by atoms with Gasteiger partial charge >= 0.3 is 18.3 Å². The SMILES string of the molecule is CCC[C@H]1N(C(=O)c2ncccc2C(F)(F)F)CCC[C@@]1(Oc1csc(C(F)(F)F)c1)C(=O)N1CCc2cc(Cl)ccc2C1C1CCC(C(=O)O)C1. The number of hydrogen-bond acceptors (Lipinski definition) is 6. The summed E-state index contributed by atoms with van der Waals surface area (Å²) >= 11 is 6.71. The number of benzene rings is 1. The summed E-state index contributed by atoms with van der Waals surface area (Å²) < 4.78 is 90.1. The number of carboxylic acid groups (broad SMARTS) is 1. The molecule has 3 aliphatic rings. The molecule has 5 atom stereocenters. The van der Waals surface area contributed by atoms with Gasteiger partial charge in [0.15, 0.2) is 0 Å². The molecule has 52 heavy (non-hydrogen) atoms. The molecule has 3 unspecified atom stereocenters. The fraction of sp³-hybridized carbons (Fsp3) is 0.500. The number of carboxylic acids is 1. The monoisotopic (exact) mass is 771 g/mol. The van der Waals surface area contributed by atoms with Crippen molar-refractivity contribution in [1.29, 1.82) is 0 Å². The quantitative estimate of drug-likeness (QED) is 0.230. The Hall–Kier alpha value is -3.85. The molecule has 3 aromatic rings. The predicted octanol–water partition coefficient (Wildman–Crippen LogP) is 8.68. The van der Waals surface area contributed by atoms with Crippen LogP contribution in [0.4, 0.5) is 26.3 Å². The second kappa shape index (κ2) is 14.5. The zero-order chi connectivity index (χ0) is 37.6. The highest BCUT2D eigenvalue weighted by Crippen LogP contribution is 2.49. The minimum atomic E-state index is -4.92. The van der Waals surface area contributed by atoms with Crippen LogP contribution in [0.3, 0.4) is 0 Å². The number of ether oxygens (including phenoxy) is 1. The van der Waals surface area contributed by atoms with E-state index in [1.165, 1.54) is 0 Å². The molecule has 2 aliphatic heterocycles. The van der Waals surface area contributed by atoms with Crippen LogP contribution in [0.15, 0.2) is 48.0 Å². The lowest BCUT2D eigenvalue weighted by Crippen LogP contribution is -2.69. The molecular formula is C36H36ClF6N3O5S. The van der Waals surface area contributed by atoms with Gasteiger partial charge in [-0.25, -0.2) is 0 Å². The van der Waals surface area contributed by atoms with Crippen molar-refractivity contribution < 1.29 is 50.6 Å². The highest BCUT2D eigenvalue weighted by Gasteiger charge is 2.58. The van der Waals surface area contributed by atoms with Crippen LogP contribution >= 0.6 is 22.9 Å². The first-order valence-corrected chi connectivity index (χ1v) is 18.3. The number of carbonyl (C=O) groups is 3. The molecule has 1 saturated carbocycles. The van der Waals surface area contributed by atoms with Gasteiger partial charge in [0, 0.05) is 42.2 Å². The van der Waals surface area contributed by atoms with E-state index in [0.29, 0.717) is 42.0 Å². The number of halogens is 7. The fourth-order valence-electron chi connectivity index (χ4n) is 8.21. The molecular weight excluding hydrogens is 736 g/mol. The third kappa shape index (κ3) is 7.22. The summed E-state index contributed by atoms with van der Waals surface area (Å²) in [6, 6.07) is 5.97. The van der Waals surface area contributed by atoms with Crippen LogP contribution in [0.2, 0.25) is 5.02 Å². The number of aromatic nitrogens is 1. The third-order valence-corrected chi connectivity index (χ3v) is 11.6. The van der Waals surface area contributed by atoms with E-state index in [9.17, 15) is 41.0 Å². The number of alkyl halides is 6. The van der Waals surface area contributed by atoms with Crippen molar-refractivity contribution in [3.8, 4) is 5.75 Å². The van der Waals surface area contributed by atoms with E-state index < -0.39 is 69.9 Å². The number of fused-ring (bicyclic) bond motifs is 1. The molecule has 1 saturated heterocycles. The summed E-state index contributed by atoms with van der Waals surface area (Å²) in [6.45, 7) is 1.83. The summed E-state index contributed by atoms with van der Waals surface area (Å²) in [5.41, 5.74) is -2.52. The van der Waals surface area contributed by atoms with Crippen molar-refractivity contribution in [3.05, 3.63) is 80.3 Å². The zero-order valence-electron chi connectivity index (χ0n) is 28.0. The Balaban J connectivity index is 1.48. The van der Waals surface area contributed by atoms with Crippen LogP contribution in [-0.2, 0) is 28.4 Å². The van der Waals surface area contributed by atoms with E-state index in [1.807, 2.05) is 0 Å². The van der Waals surface area contributed by atoms with Gasteiger partial charge in [-0.1, -0.05) is 31.0 Å². The lowest BCUT2D eigenvalue weighted by atomic mass is 9.77. The summed E-state index contributed by atoms with van der Waals surface area (Å²) in [5, 5.41) is 11.4. The first-order valence-electron chi connectivity index (χ1n) is 17.0. The van der Waals surface area contributed by atoms with Crippen molar-refractivity contribution in [2.45, 2.75) is 88.3 Å². The van der Waals surface area contributed by atoms with Gasteiger partial charge in [-0.05, 0) is 79.8 Å². The van der Waals surface area contributed by atoms with E-state index in [1.54, 1.807) is 30.0 Å². The molecule has 16 heteroatoms. The maximum Gasteiger partial charge on any atom is 0.425 e. The number of aliphatic carboxylic acids is 1. The maximum atomic E-state index is 15.5. The first kappa shape index (κ1) is 37.9. The Morgan fingerprint density at radius 1 is 1.06 bits per heavy atom. The number of carbonyl (C=O) groups excluding carboxylic acids is 2. The molecule has 1 N–H and O–H groups in total. The van der Waals surface area contributed by atoms with Gasteiger partial charge in [0.2, 0.25) is 5.60 Å². The molecule has 0 spiro atoms. The largest absolute Gasteiger partial charge is 0.481 e. The van der Waals surface area contributed by atoms with Crippen molar-refractivity contribution in [3.63, 3.8) is 0 Å². The van der Waals surface area contributed by atoms with Crippen LogP contribution in [0.1, 0.15) is 90.0 Å². The van der Waals surface area contributed by atoms with Gasteiger partial charge in [0.05, 0.1) is 23.6 Å². The topological polar surface area (TPSA) is 100 Å². The van der Waals surface area contributed by atoms with E-state index in [0.717, 1.165) is 45.8 Å². The molecule has 2 amide bonds. The summed E-state index contributed by atoms with van der Waals surface area (Å²) in [7, 11) is 0. The highest BCUT2D eigenvalue weighted by molar-refractivity contribution is 7.10. The van der Waals surface area contributed by atoms with Crippen LogP contribution < -0.4 is 4.74 Å². The second-order valence-corrected chi connectivity index (χ2v) is 14.9. The number of hydrogen-bond donors (Lipinski definition) is 1. The van der Waals surface area contributed by atoms with E-state index in [-0.39, 0.29) is 50.4 Å². The highest BCUT2D eigenvalue weighted by atomic mass is 35.5. The average molecular weight is 772 g/mol. The van der Waals surface area contributed by atoms with Crippen LogP contribution in [-0.4, -0.2) is 62.4 Å². The van der Waals surface area contributed by atoms with Crippen LogP contribution in [0, 0.1) is 11.8 Å². The summed E-state index contributed by atoms with van der Waals surface area (Å²) in [4.78, 5) is 47.2. The minimum absolute atomic E-state index is 0.0507. The van der Waals surface area contributed by atoms with Gasteiger partial charge in [0.25, 0.3) is 11.8 Å². The Bertz CT molecular complexity index is 1840. The van der Waals surface area contributed by atoms with Crippen LogP contribution in [0.25, 0.3) is 0 Å². The Morgan fingerprint density at radius 3 is 2.48 bits per heavy atom. The van der Waals surface area contributed by atoms with Gasteiger partial charge < -0.3 is 19.6 Å². The van der Waals surface area contributed by atoms with Crippen LogP contribution in [0.5, 0.6) is 5.75 Å². The molecule has 1 aromatic carbocycles. The number of pyridine rings is 1. The number of amides is 2. The minimum Gasteiger partial charge on any atom is -0.481 e. The number of piperidine rings is 1. The van der Waals surface area contributed by atoms with E-state index in [2.05, 4.69) is 4.98 Å². The van der Waals surface area contributed by atoms with Gasteiger partial charge in [-0.3, -0.25) is 19.4 Å².